The number of hydrogen-bond donors (Lipinski definition) is 5. The second-order valence-corrected chi connectivity index (χ2v) is 16.4. The average molecular weight is 876 g/mol. The quantitative estimate of drug-likeness (QED) is 0.0671. The molecule has 17 heteroatoms. The molecule has 3 fully saturated rings. The zero-order chi connectivity index (χ0) is 44.6. The number of ether oxygens (including phenoxy) is 1. The third-order valence-electron chi connectivity index (χ3n) is 11.9. The first-order valence-electron chi connectivity index (χ1n) is 21.7. The largest absolute Gasteiger partial charge is 0.382 e. The molecule has 3 aliphatic heterocycles. The molecule has 3 aliphatic rings. The Kier molecular flexibility index (Phi) is 13.7. The van der Waals surface area contributed by atoms with Crippen LogP contribution in [-0.2, 0) is 30.3 Å². The minimum Gasteiger partial charge on any atom is -0.382 e. The van der Waals surface area contributed by atoms with Gasteiger partial charge in [0, 0.05) is 80.2 Å². The van der Waals surface area contributed by atoms with Gasteiger partial charge in [0.15, 0.2) is 5.82 Å². The molecule has 5 aromatic rings. The molecule has 15 nitrogen and oxygen atoms in total. The number of hydrogen-bond acceptors (Lipinski definition) is 10. The van der Waals surface area contributed by atoms with Crippen LogP contribution in [-0.4, -0.2) is 114 Å². The lowest BCUT2D eigenvalue weighted by atomic mass is 10.0. The van der Waals surface area contributed by atoms with Crippen LogP contribution < -0.4 is 26.2 Å². The van der Waals surface area contributed by atoms with Crippen LogP contribution in [0.3, 0.4) is 0 Å². The van der Waals surface area contributed by atoms with Crippen molar-refractivity contribution < 1.29 is 37.5 Å². The molecule has 1 atom stereocenters. The second-order valence-electron chi connectivity index (χ2n) is 16.4. The molecular weight excluding hydrogens is 825 g/mol. The van der Waals surface area contributed by atoms with Gasteiger partial charge in [-0.3, -0.25) is 34.4 Å². The number of aromatic nitrogens is 2. The number of likely N-dealkylation sites (tertiary alicyclic amines) is 1. The normalized spacial score (nSPS) is 17.0. The smallest absolute Gasteiger partial charge is 0.258 e. The number of piperazine rings is 1. The highest BCUT2D eigenvalue weighted by molar-refractivity contribution is 6.10. The SMILES string of the molecule is O=C1CCC(Nc2ccc(N3CCN(C(=O)CCOCCC(=O)N4CCC(Nc5ccccc5C(=O)Nc5n[nH]c6ccc(Cc7cc(F)cc(F)c7)cc56)CC4)CC3)cc2)C(=O)N1. The highest BCUT2D eigenvalue weighted by Gasteiger charge is 2.27. The predicted octanol–water partition coefficient (Wildman–Crippen LogP) is 5.45. The monoisotopic (exact) mass is 875 g/mol. The number of nitrogens with zero attached hydrogens (tertiary/aromatic N) is 4. The number of carbonyl (C=O) groups is 5. The second kappa shape index (κ2) is 20.1. The van der Waals surface area contributed by atoms with E-state index in [0.29, 0.717) is 105 Å². The number of amides is 5. The highest BCUT2D eigenvalue weighted by atomic mass is 19.1. The fourth-order valence-electron chi connectivity index (χ4n) is 8.44. The van der Waals surface area contributed by atoms with Crippen LogP contribution in [0.25, 0.3) is 10.9 Å². The molecule has 8 rings (SSSR count). The van der Waals surface area contributed by atoms with Gasteiger partial charge in [0.2, 0.25) is 23.6 Å². The van der Waals surface area contributed by atoms with Crippen LogP contribution in [0.2, 0.25) is 0 Å². The van der Waals surface area contributed by atoms with Crippen molar-refractivity contribution in [3.05, 3.63) is 113 Å². The van der Waals surface area contributed by atoms with Crippen LogP contribution in [0.1, 0.15) is 60.0 Å². The summed E-state index contributed by atoms with van der Waals surface area (Å²) in [4.78, 5) is 69.0. The highest BCUT2D eigenvalue weighted by Crippen LogP contribution is 2.27. The number of benzene rings is 4. The maximum absolute atomic E-state index is 13.8. The van der Waals surface area contributed by atoms with Gasteiger partial charge in [-0.25, -0.2) is 8.78 Å². The molecule has 64 heavy (non-hydrogen) atoms. The molecule has 5 N–H and O–H groups in total. The summed E-state index contributed by atoms with van der Waals surface area (Å²) >= 11 is 0. The van der Waals surface area contributed by atoms with Crippen LogP contribution in [0.4, 0.5) is 31.7 Å². The number of imide groups is 1. The maximum Gasteiger partial charge on any atom is 0.258 e. The van der Waals surface area contributed by atoms with Gasteiger partial charge in [-0.15, -0.1) is 0 Å². The molecule has 0 bridgehead atoms. The Morgan fingerprint density at radius 2 is 1.44 bits per heavy atom. The van der Waals surface area contributed by atoms with E-state index < -0.39 is 17.7 Å². The number of halogens is 2. The van der Waals surface area contributed by atoms with Crippen molar-refractivity contribution in [2.45, 2.75) is 57.0 Å². The van der Waals surface area contributed by atoms with Crippen molar-refractivity contribution in [2.75, 3.05) is 73.3 Å². The molecule has 1 unspecified atom stereocenters. The van der Waals surface area contributed by atoms with Gasteiger partial charge < -0.3 is 35.4 Å². The van der Waals surface area contributed by atoms with E-state index in [1.807, 2.05) is 64.4 Å². The fraction of sp³-hybridized carbons (Fsp3) is 0.362. The summed E-state index contributed by atoms with van der Waals surface area (Å²) in [5.74, 6) is -1.84. The molecule has 0 aliphatic carbocycles. The summed E-state index contributed by atoms with van der Waals surface area (Å²) in [6.07, 6.45) is 2.93. The third kappa shape index (κ3) is 11.0. The molecule has 1 aromatic heterocycles. The van der Waals surface area contributed by atoms with E-state index in [0.717, 1.165) is 23.0 Å². The molecule has 0 radical (unpaired) electrons. The lowest BCUT2D eigenvalue weighted by molar-refractivity contribution is -0.135. The first-order valence-corrected chi connectivity index (χ1v) is 21.7. The van der Waals surface area contributed by atoms with Gasteiger partial charge in [0.25, 0.3) is 5.91 Å². The molecule has 4 aromatic carbocycles. The predicted molar refractivity (Wildman–Crippen MR) is 238 cm³/mol. The van der Waals surface area contributed by atoms with E-state index in [1.54, 1.807) is 12.1 Å². The first-order chi connectivity index (χ1) is 31.0. The Bertz CT molecular complexity index is 2480. The average Bonchev–Trinajstić information content (AvgIpc) is 3.68. The Hall–Kier alpha value is -6.88. The Morgan fingerprint density at radius 1 is 0.750 bits per heavy atom. The molecular formula is C47H51F2N9O6. The molecule has 334 valence electrons. The number of para-hydroxylation sites is 1. The van der Waals surface area contributed by atoms with Gasteiger partial charge in [0.1, 0.15) is 17.7 Å². The lowest BCUT2D eigenvalue weighted by Gasteiger charge is -2.36. The van der Waals surface area contributed by atoms with Gasteiger partial charge in [0.05, 0.1) is 37.1 Å². The van der Waals surface area contributed by atoms with Gasteiger partial charge in [-0.2, -0.15) is 5.10 Å². The van der Waals surface area contributed by atoms with Gasteiger partial charge >= 0.3 is 0 Å². The molecule has 0 spiro atoms. The standard InChI is InChI=1S/C47H51F2N9O6/c48-32-26-31(27-33(49)29-32)25-30-5-10-40-38(28-30)45(55-54-40)53-46(62)37-3-1-2-4-39(37)50-35-13-17-57(18-14-35)43(60)15-23-64-24-16-44(61)58-21-19-56(20-22-58)36-8-6-34(7-9-36)51-41-11-12-42(59)52-47(41)63/h1-10,26-29,35,41,50-51H,11-25H2,(H,52,59,63)(H2,53,54,55,62). The zero-order valence-corrected chi connectivity index (χ0v) is 35.3. The van der Waals surface area contributed by atoms with Gasteiger partial charge in [-0.1, -0.05) is 18.2 Å². The molecule has 5 amide bonds. The van der Waals surface area contributed by atoms with E-state index in [2.05, 4.69) is 36.4 Å². The van der Waals surface area contributed by atoms with Crippen molar-refractivity contribution >= 4 is 63.3 Å². The summed E-state index contributed by atoms with van der Waals surface area (Å²) in [5, 5.41) is 19.9. The molecule has 3 saturated heterocycles. The Morgan fingerprint density at radius 3 is 2.14 bits per heavy atom. The minimum absolute atomic E-state index is 0.00190. The van der Waals surface area contributed by atoms with Crippen molar-refractivity contribution in [2.24, 2.45) is 0 Å². The van der Waals surface area contributed by atoms with Gasteiger partial charge in [-0.05, 0) is 97.5 Å². The van der Waals surface area contributed by atoms with E-state index in [-0.39, 0.29) is 61.6 Å². The van der Waals surface area contributed by atoms with Crippen molar-refractivity contribution in [1.29, 1.82) is 0 Å². The fourth-order valence-corrected chi connectivity index (χ4v) is 8.44. The minimum atomic E-state index is -0.642. The zero-order valence-electron chi connectivity index (χ0n) is 35.3. The summed E-state index contributed by atoms with van der Waals surface area (Å²) in [5.41, 5.74) is 4.92. The van der Waals surface area contributed by atoms with Crippen LogP contribution in [0, 0.1) is 11.6 Å². The Labute approximate surface area is 368 Å². The number of rotatable bonds is 15. The van der Waals surface area contributed by atoms with Crippen molar-refractivity contribution in [3.8, 4) is 0 Å². The summed E-state index contributed by atoms with van der Waals surface area (Å²) in [7, 11) is 0. The number of aromatic amines is 1. The summed E-state index contributed by atoms with van der Waals surface area (Å²) in [6.45, 7) is 4.14. The summed E-state index contributed by atoms with van der Waals surface area (Å²) < 4.78 is 33.3. The number of piperidine rings is 2. The van der Waals surface area contributed by atoms with E-state index in [9.17, 15) is 32.8 Å². The number of carbonyl (C=O) groups excluding carboxylic acids is 5. The number of nitrogens with one attached hydrogen (secondary N) is 5. The topological polar surface area (TPSA) is 181 Å². The number of H-pyrrole nitrogens is 1. The third-order valence-corrected chi connectivity index (χ3v) is 11.9. The molecule has 0 saturated carbocycles. The van der Waals surface area contributed by atoms with Crippen molar-refractivity contribution in [1.82, 2.24) is 25.3 Å². The van der Waals surface area contributed by atoms with E-state index >= 15 is 0 Å². The number of fused-ring (bicyclic) bond motifs is 1. The van der Waals surface area contributed by atoms with Crippen LogP contribution >= 0.6 is 0 Å². The van der Waals surface area contributed by atoms with E-state index in [1.165, 1.54) is 12.1 Å². The number of anilines is 4. The first kappa shape index (κ1) is 43.8. The van der Waals surface area contributed by atoms with Crippen LogP contribution in [0.5, 0.6) is 0 Å². The van der Waals surface area contributed by atoms with Crippen LogP contribution in [0.15, 0.2) is 84.9 Å². The lowest BCUT2D eigenvalue weighted by Crippen LogP contribution is -2.49. The summed E-state index contributed by atoms with van der Waals surface area (Å²) in [6, 6.07) is 23.5. The van der Waals surface area contributed by atoms with E-state index in [4.69, 9.17) is 4.74 Å². The Balaban J connectivity index is 0.724. The molecule has 4 heterocycles. The maximum atomic E-state index is 13.8. The van der Waals surface area contributed by atoms with Crippen molar-refractivity contribution in [3.63, 3.8) is 0 Å².